The van der Waals surface area contributed by atoms with Crippen LogP contribution in [-0.4, -0.2) is 6.04 Å². The third kappa shape index (κ3) is 3.82. The van der Waals surface area contributed by atoms with Crippen molar-refractivity contribution in [2.24, 2.45) is 11.8 Å². The molecular weight excluding hydrogens is 230 g/mol. The van der Waals surface area contributed by atoms with Crippen LogP contribution in [0.25, 0.3) is 0 Å². The molecule has 2 unspecified atom stereocenters. The second-order valence-electron chi connectivity index (χ2n) is 6.87. The number of rotatable bonds is 3. The predicted molar refractivity (Wildman–Crippen MR) is 83.5 cm³/mol. The average Bonchev–Trinajstić information content (AvgIpc) is 2.25. The normalized spacial score (nSPS) is 27.5. The first-order valence-corrected chi connectivity index (χ1v) is 7.75. The Hall–Kier alpha value is -0.820. The van der Waals surface area contributed by atoms with Gasteiger partial charge in [0, 0.05) is 12.6 Å². The summed E-state index contributed by atoms with van der Waals surface area (Å²) in [7, 11) is 0. The first-order chi connectivity index (χ1) is 8.95. The number of hydrogen-bond donors (Lipinski definition) is 1. The van der Waals surface area contributed by atoms with Crippen LogP contribution in [0.3, 0.4) is 0 Å². The van der Waals surface area contributed by atoms with E-state index in [-0.39, 0.29) is 0 Å². The van der Waals surface area contributed by atoms with Gasteiger partial charge in [-0.25, -0.2) is 0 Å². The van der Waals surface area contributed by atoms with Crippen molar-refractivity contribution in [1.82, 2.24) is 5.32 Å². The van der Waals surface area contributed by atoms with Crippen LogP contribution in [0.15, 0.2) is 12.1 Å². The van der Waals surface area contributed by atoms with E-state index in [9.17, 15) is 0 Å². The standard InChI is InChI=1S/C18H29N/c1-12-6-13(2)10-17(9-12)19-11-18-15(4)7-14(3)8-16(18)5/h7-8,12-13,17,19H,6,9-11H2,1-5H3. The zero-order valence-electron chi connectivity index (χ0n) is 13.2. The van der Waals surface area contributed by atoms with Crippen LogP contribution in [-0.2, 0) is 6.54 Å². The molecule has 1 aliphatic rings. The maximum atomic E-state index is 3.80. The molecule has 1 N–H and O–H groups in total. The molecule has 0 aromatic heterocycles. The van der Waals surface area contributed by atoms with Gasteiger partial charge in [0.05, 0.1) is 0 Å². The van der Waals surface area contributed by atoms with Crippen molar-refractivity contribution in [1.29, 1.82) is 0 Å². The number of nitrogens with one attached hydrogen (secondary N) is 1. The van der Waals surface area contributed by atoms with E-state index in [1.54, 1.807) is 0 Å². The first-order valence-electron chi connectivity index (χ1n) is 7.75. The lowest BCUT2D eigenvalue weighted by Gasteiger charge is -2.32. The Balaban J connectivity index is 1.99. The van der Waals surface area contributed by atoms with Crippen molar-refractivity contribution in [3.05, 3.63) is 34.4 Å². The van der Waals surface area contributed by atoms with Gasteiger partial charge in [-0.1, -0.05) is 31.5 Å². The monoisotopic (exact) mass is 259 g/mol. The zero-order valence-corrected chi connectivity index (χ0v) is 13.2. The first kappa shape index (κ1) is 14.6. The highest BCUT2D eigenvalue weighted by Gasteiger charge is 2.23. The molecule has 1 saturated carbocycles. The van der Waals surface area contributed by atoms with Gasteiger partial charge >= 0.3 is 0 Å². The van der Waals surface area contributed by atoms with Crippen molar-refractivity contribution in [2.75, 3.05) is 0 Å². The average molecular weight is 259 g/mol. The predicted octanol–water partition coefficient (Wildman–Crippen LogP) is 4.53. The lowest BCUT2D eigenvalue weighted by molar-refractivity contribution is 0.238. The molecule has 0 amide bonds. The maximum absolute atomic E-state index is 3.80. The number of aryl methyl sites for hydroxylation is 3. The summed E-state index contributed by atoms with van der Waals surface area (Å²) in [6.45, 7) is 12.5. The van der Waals surface area contributed by atoms with E-state index >= 15 is 0 Å². The largest absolute Gasteiger partial charge is 0.310 e. The Bertz CT molecular complexity index is 402. The Morgan fingerprint density at radius 1 is 0.947 bits per heavy atom. The Morgan fingerprint density at radius 2 is 1.47 bits per heavy atom. The summed E-state index contributed by atoms with van der Waals surface area (Å²) in [6, 6.07) is 5.31. The van der Waals surface area contributed by atoms with Gasteiger partial charge in [-0.2, -0.15) is 0 Å². The van der Waals surface area contributed by atoms with Gasteiger partial charge in [-0.15, -0.1) is 0 Å². The van der Waals surface area contributed by atoms with E-state index in [0.717, 1.165) is 18.4 Å². The molecule has 1 heteroatoms. The van der Waals surface area contributed by atoms with Crippen LogP contribution in [0.1, 0.15) is 55.4 Å². The van der Waals surface area contributed by atoms with Crippen LogP contribution in [0.5, 0.6) is 0 Å². The van der Waals surface area contributed by atoms with E-state index in [1.165, 1.54) is 41.5 Å². The summed E-state index contributed by atoms with van der Waals surface area (Å²) in [5.41, 5.74) is 5.74. The smallest absolute Gasteiger partial charge is 0.0213 e. The van der Waals surface area contributed by atoms with Gasteiger partial charge in [0.15, 0.2) is 0 Å². The van der Waals surface area contributed by atoms with E-state index in [1.807, 2.05) is 0 Å². The Labute approximate surface area is 118 Å². The molecule has 19 heavy (non-hydrogen) atoms. The van der Waals surface area contributed by atoms with Gasteiger partial charge in [-0.3, -0.25) is 0 Å². The summed E-state index contributed by atoms with van der Waals surface area (Å²) >= 11 is 0. The number of hydrogen-bond acceptors (Lipinski definition) is 1. The second-order valence-corrected chi connectivity index (χ2v) is 6.87. The van der Waals surface area contributed by atoms with Crippen LogP contribution < -0.4 is 5.32 Å². The minimum absolute atomic E-state index is 0.707. The summed E-state index contributed by atoms with van der Waals surface area (Å²) in [6.07, 6.45) is 4.09. The quantitative estimate of drug-likeness (QED) is 0.841. The number of benzene rings is 1. The highest BCUT2D eigenvalue weighted by Crippen LogP contribution is 2.29. The molecule has 1 aromatic rings. The lowest BCUT2D eigenvalue weighted by atomic mass is 9.80. The Morgan fingerprint density at radius 3 is 2.00 bits per heavy atom. The lowest BCUT2D eigenvalue weighted by Crippen LogP contribution is -2.36. The second kappa shape index (κ2) is 6.09. The Kier molecular flexibility index (Phi) is 4.67. The van der Waals surface area contributed by atoms with Crippen molar-refractivity contribution in [3.8, 4) is 0 Å². The molecule has 2 atom stereocenters. The van der Waals surface area contributed by atoms with Crippen molar-refractivity contribution >= 4 is 0 Å². The van der Waals surface area contributed by atoms with Gasteiger partial charge in [0.25, 0.3) is 0 Å². The summed E-state index contributed by atoms with van der Waals surface area (Å²) in [5.74, 6) is 1.75. The SMILES string of the molecule is Cc1cc(C)c(CNC2CC(C)CC(C)C2)c(C)c1. The molecule has 0 saturated heterocycles. The highest BCUT2D eigenvalue weighted by molar-refractivity contribution is 5.37. The molecule has 0 spiro atoms. The minimum Gasteiger partial charge on any atom is -0.310 e. The minimum atomic E-state index is 0.707. The van der Waals surface area contributed by atoms with Crippen molar-refractivity contribution < 1.29 is 0 Å². The van der Waals surface area contributed by atoms with Gasteiger partial charge in [0.1, 0.15) is 0 Å². The topological polar surface area (TPSA) is 12.0 Å². The van der Waals surface area contributed by atoms with E-state index < -0.39 is 0 Å². The third-order valence-corrected chi connectivity index (χ3v) is 4.59. The van der Waals surface area contributed by atoms with Crippen LogP contribution in [0.2, 0.25) is 0 Å². The van der Waals surface area contributed by atoms with E-state index in [2.05, 4.69) is 52.1 Å². The van der Waals surface area contributed by atoms with E-state index in [4.69, 9.17) is 0 Å². The van der Waals surface area contributed by atoms with Gasteiger partial charge in [-0.05, 0) is 68.6 Å². The molecular formula is C18H29N. The summed E-state index contributed by atoms with van der Waals surface area (Å²) in [5, 5.41) is 3.80. The summed E-state index contributed by atoms with van der Waals surface area (Å²) < 4.78 is 0. The molecule has 0 aliphatic heterocycles. The molecule has 0 heterocycles. The van der Waals surface area contributed by atoms with Crippen molar-refractivity contribution in [3.63, 3.8) is 0 Å². The zero-order chi connectivity index (χ0) is 14.0. The van der Waals surface area contributed by atoms with Gasteiger partial charge in [0.2, 0.25) is 0 Å². The molecule has 106 valence electrons. The molecule has 1 fully saturated rings. The van der Waals surface area contributed by atoms with Crippen LogP contribution >= 0.6 is 0 Å². The van der Waals surface area contributed by atoms with Crippen LogP contribution in [0, 0.1) is 32.6 Å². The summed E-state index contributed by atoms with van der Waals surface area (Å²) in [4.78, 5) is 0. The molecule has 1 aliphatic carbocycles. The van der Waals surface area contributed by atoms with Crippen LogP contribution in [0.4, 0.5) is 0 Å². The fraction of sp³-hybridized carbons (Fsp3) is 0.667. The molecule has 1 nitrogen and oxygen atoms in total. The molecule has 2 rings (SSSR count). The van der Waals surface area contributed by atoms with Gasteiger partial charge < -0.3 is 5.32 Å². The molecule has 0 bridgehead atoms. The van der Waals surface area contributed by atoms with E-state index in [0.29, 0.717) is 6.04 Å². The maximum Gasteiger partial charge on any atom is 0.0213 e. The molecule has 1 aromatic carbocycles. The van der Waals surface area contributed by atoms with Crippen molar-refractivity contribution in [2.45, 2.75) is 66.5 Å². The highest BCUT2D eigenvalue weighted by atomic mass is 14.9. The third-order valence-electron chi connectivity index (χ3n) is 4.59. The fourth-order valence-electron chi connectivity index (χ4n) is 3.85. The molecule has 0 radical (unpaired) electrons. The fourth-order valence-corrected chi connectivity index (χ4v) is 3.85.